The first-order valence-electron chi connectivity index (χ1n) is 11.0. The van der Waals surface area contributed by atoms with Crippen LogP contribution in [0.4, 0.5) is 0 Å². The molecule has 0 radical (unpaired) electrons. The van der Waals surface area contributed by atoms with Crippen molar-refractivity contribution in [1.82, 2.24) is 15.4 Å². The minimum absolute atomic E-state index is 0.0428. The largest absolute Gasteiger partial charge is 0.465 e. The maximum absolute atomic E-state index is 13.5. The van der Waals surface area contributed by atoms with Crippen molar-refractivity contribution >= 4 is 17.7 Å². The summed E-state index contributed by atoms with van der Waals surface area (Å²) in [5, 5.41) is 11.4. The minimum Gasteiger partial charge on any atom is -0.465 e. The zero-order chi connectivity index (χ0) is 25.3. The fourth-order valence-electron chi connectivity index (χ4n) is 4.57. The van der Waals surface area contributed by atoms with Gasteiger partial charge in [0, 0.05) is 30.0 Å². The second kappa shape index (κ2) is 9.06. The van der Waals surface area contributed by atoms with Crippen LogP contribution in [0.15, 0.2) is 71.5 Å². The molecule has 1 aliphatic carbocycles. The van der Waals surface area contributed by atoms with Gasteiger partial charge in [-0.15, -0.1) is 0 Å². The van der Waals surface area contributed by atoms with Crippen LogP contribution in [-0.2, 0) is 9.53 Å². The van der Waals surface area contributed by atoms with Crippen LogP contribution in [0.3, 0.4) is 0 Å². The van der Waals surface area contributed by atoms with Crippen molar-refractivity contribution in [2.45, 2.75) is 32.6 Å². The first kappa shape index (κ1) is 23.7. The van der Waals surface area contributed by atoms with E-state index < -0.39 is 17.8 Å². The number of esters is 1. The average molecular weight is 472 g/mol. The van der Waals surface area contributed by atoms with Gasteiger partial charge in [0.2, 0.25) is 0 Å². The maximum atomic E-state index is 13.5. The quantitative estimate of drug-likeness (QED) is 0.649. The van der Waals surface area contributed by atoms with Gasteiger partial charge < -0.3 is 10.5 Å². The molecule has 1 aromatic carbocycles. The summed E-state index contributed by atoms with van der Waals surface area (Å²) < 4.78 is 4.76. The predicted molar refractivity (Wildman–Crippen MR) is 126 cm³/mol. The summed E-state index contributed by atoms with van der Waals surface area (Å²) in [5.41, 5.74) is 11.3. The van der Waals surface area contributed by atoms with E-state index >= 15 is 0 Å². The predicted octanol–water partition coefficient (Wildman–Crippen LogP) is 2.95. The molecule has 2 heterocycles. The third-order valence-electron chi connectivity index (χ3n) is 6.20. The number of Topliss-reactive ketones (excluding diaryl/α,β-unsaturated/α-hetero) is 1. The number of hydrogen-bond donors (Lipinski definition) is 2. The lowest BCUT2D eigenvalue weighted by molar-refractivity contribution is -0.118. The average Bonchev–Trinajstić information content (AvgIpc) is 2.85. The number of nitriles is 1. The van der Waals surface area contributed by atoms with Crippen molar-refractivity contribution in [2.24, 2.45) is 11.1 Å². The molecule has 1 aromatic heterocycles. The Morgan fingerprint density at radius 3 is 2.40 bits per heavy atom. The number of ketones is 1. The molecule has 1 unspecified atom stereocenters. The lowest BCUT2D eigenvalue weighted by Crippen LogP contribution is -2.49. The fourth-order valence-corrected chi connectivity index (χ4v) is 4.57. The van der Waals surface area contributed by atoms with Gasteiger partial charge in [-0.3, -0.25) is 20.0 Å². The number of methoxy groups -OCH3 is 1. The highest BCUT2D eigenvalue weighted by Crippen LogP contribution is 2.48. The van der Waals surface area contributed by atoms with Crippen molar-refractivity contribution in [2.75, 3.05) is 7.11 Å². The van der Waals surface area contributed by atoms with Gasteiger partial charge in [-0.2, -0.15) is 5.26 Å². The van der Waals surface area contributed by atoms with E-state index in [9.17, 15) is 19.6 Å². The SMILES string of the molecule is COC(=O)c1ccc(C2C(C#N)=C(N)N(NC(=O)c3ccncc3)C3=C2C(=O)CC(C)(C)C3)cc1. The monoisotopic (exact) mass is 471 g/mol. The molecule has 0 bridgehead atoms. The number of carbonyl (C=O) groups is 3. The summed E-state index contributed by atoms with van der Waals surface area (Å²) in [7, 11) is 1.29. The summed E-state index contributed by atoms with van der Waals surface area (Å²) >= 11 is 0. The highest BCUT2D eigenvalue weighted by atomic mass is 16.5. The number of hydrogen-bond acceptors (Lipinski definition) is 8. The van der Waals surface area contributed by atoms with Crippen molar-refractivity contribution in [3.05, 3.63) is 88.1 Å². The molecule has 2 aliphatic rings. The van der Waals surface area contributed by atoms with Gasteiger partial charge in [-0.25, -0.2) is 9.80 Å². The van der Waals surface area contributed by atoms with Crippen LogP contribution >= 0.6 is 0 Å². The molecule has 9 nitrogen and oxygen atoms in total. The van der Waals surface area contributed by atoms with E-state index in [0.29, 0.717) is 34.4 Å². The zero-order valence-electron chi connectivity index (χ0n) is 19.7. The molecule has 0 fully saturated rings. The van der Waals surface area contributed by atoms with Crippen molar-refractivity contribution in [3.63, 3.8) is 0 Å². The van der Waals surface area contributed by atoms with E-state index in [1.165, 1.54) is 24.5 Å². The number of pyridine rings is 1. The zero-order valence-corrected chi connectivity index (χ0v) is 19.7. The van der Waals surface area contributed by atoms with Gasteiger partial charge in [0.1, 0.15) is 5.82 Å². The molecule has 2 aromatic rings. The number of hydrazine groups is 1. The summed E-state index contributed by atoms with van der Waals surface area (Å²) in [6.45, 7) is 3.94. The molecule has 1 aliphatic heterocycles. The Morgan fingerprint density at radius 1 is 1.14 bits per heavy atom. The topological polar surface area (TPSA) is 138 Å². The highest BCUT2D eigenvalue weighted by Gasteiger charge is 2.44. The van der Waals surface area contributed by atoms with Crippen LogP contribution < -0.4 is 11.2 Å². The summed E-state index contributed by atoms with van der Waals surface area (Å²) in [5.74, 6) is -1.74. The Morgan fingerprint density at radius 2 is 1.80 bits per heavy atom. The van der Waals surface area contributed by atoms with E-state index in [2.05, 4.69) is 16.5 Å². The molecule has 178 valence electrons. The summed E-state index contributed by atoms with van der Waals surface area (Å²) in [4.78, 5) is 42.2. The lowest BCUT2D eigenvalue weighted by atomic mass is 9.69. The molecular formula is C26H25N5O4. The first-order valence-corrected chi connectivity index (χ1v) is 11.0. The Balaban J connectivity index is 1.84. The molecule has 0 spiro atoms. The Labute approximate surface area is 202 Å². The highest BCUT2D eigenvalue weighted by molar-refractivity contribution is 6.01. The Hall–Kier alpha value is -4.45. The van der Waals surface area contributed by atoms with Crippen molar-refractivity contribution in [3.8, 4) is 6.07 Å². The molecule has 3 N–H and O–H groups in total. The number of nitrogens with two attached hydrogens (primary N) is 1. The van der Waals surface area contributed by atoms with E-state index in [0.717, 1.165) is 0 Å². The molecule has 0 saturated carbocycles. The van der Waals surface area contributed by atoms with Crippen molar-refractivity contribution in [1.29, 1.82) is 5.26 Å². The van der Waals surface area contributed by atoms with E-state index in [1.807, 2.05) is 13.8 Å². The van der Waals surface area contributed by atoms with Crippen LogP contribution in [0, 0.1) is 16.7 Å². The third kappa shape index (κ3) is 4.38. The van der Waals surface area contributed by atoms with Gasteiger partial charge in [0.05, 0.1) is 35.9 Å². The molecule has 4 rings (SSSR count). The number of nitrogens with zero attached hydrogens (tertiary/aromatic N) is 3. The molecule has 1 atom stereocenters. The molecule has 0 saturated heterocycles. The first-order chi connectivity index (χ1) is 16.7. The van der Waals surface area contributed by atoms with Crippen LogP contribution in [0.1, 0.15) is 58.9 Å². The molecule has 35 heavy (non-hydrogen) atoms. The number of aromatic nitrogens is 1. The van der Waals surface area contributed by atoms with Crippen molar-refractivity contribution < 1.29 is 19.1 Å². The van der Waals surface area contributed by atoms with Crippen LogP contribution in [0.5, 0.6) is 0 Å². The van der Waals surface area contributed by atoms with E-state index in [1.54, 1.807) is 36.4 Å². The maximum Gasteiger partial charge on any atom is 0.337 e. The Kier molecular flexibility index (Phi) is 6.14. The number of ether oxygens (including phenoxy) is 1. The van der Waals surface area contributed by atoms with Crippen LogP contribution in [0.25, 0.3) is 0 Å². The van der Waals surface area contributed by atoms with Crippen LogP contribution in [-0.4, -0.2) is 34.8 Å². The summed E-state index contributed by atoms with van der Waals surface area (Å²) in [6.07, 6.45) is 3.74. The Bertz CT molecular complexity index is 1300. The lowest BCUT2D eigenvalue weighted by Gasteiger charge is -2.43. The number of benzene rings is 1. The van der Waals surface area contributed by atoms with Gasteiger partial charge >= 0.3 is 5.97 Å². The smallest absolute Gasteiger partial charge is 0.337 e. The van der Waals surface area contributed by atoms with Gasteiger partial charge in [-0.05, 0) is 41.7 Å². The number of rotatable bonds is 4. The minimum atomic E-state index is -0.723. The number of amides is 1. The van der Waals surface area contributed by atoms with E-state index in [-0.39, 0.29) is 29.0 Å². The number of nitrogens with one attached hydrogen (secondary N) is 1. The second-order valence-corrected chi connectivity index (χ2v) is 9.27. The van der Waals surface area contributed by atoms with Gasteiger partial charge in [0.15, 0.2) is 5.78 Å². The van der Waals surface area contributed by atoms with E-state index in [4.69, 9.17) is 10.5 Å². The fraction of sp³-hybridized carbons (Fsp3) is 0.269. The molecular weight excluding hydrogens is 446 g/mol. The standard InChI is InChI=1S/C26H25N5O4/c1-26(2)12-19-22(20(32)13-26)21(15-4-6-17(7-5-15)25(34)35-3)18(14-27)23(28)31(19)30-24(33)16-8-10-29-11-9-16/h4-11,21H,12-13,28H2,1-3H3,(H,30,33). The van der Waals surface area contributed by atoms with Gasteiger partial charge in [0.25, 0.3) is 5.91 Å². The third-order valence-corrected chi connectivity index (χ3v) is 6.20. The summed E-state index contributed by atoms with van der Waals surface area (Å²) in [6, 6.07) is 11.8. The number of allylic oxidation sites excluding steroid dienone is 3. The van der Waals surface area contributed by atoms with Crippen LogP contribution in [0.2, 0.25) is 0 Å². The molecule has 1 amide bonds. The second-order valence-electron chi connectivity index (χ2n) is 9.27. The van der Waals surface area contributed by atoms with Gasteiger partial charge in [-0.1, -0.05) is 26.0 Å². The number of carbonyl (C=O) groups excluding carboxylic acids is 3. The normalized spacial score (nSPS) is 19.1. The molecule has 9 heteroatoms.